The Labute approximate surface area is 122 Å². The van der Waals surface area contributed by atoms with E-state index in [1.54, 1.807) is 0 Å². The number of nitro benzene ring substituents is 1. The van der Waals surface area contributed by atoms with Crippen molar-refractivity contribution in [1.29, 1.82) is 0 Å². The molecule has 8 nitrogen and oxygen atoms in total. The number of benzene rings is 1. The van der Waals surface area contributed by atoms with E-state index in [1.165, 1.54) is 24.4 Å². The maximum absolute atomic E-state index is 11.2. The van der Waals surface area contributed by atoms with Gasteiger partial charge in [0.15, 0.2) is 5.16 Å². The normalized spacial score (nSPS) is 10.3. The Bertz CT molecular complexity index is 759. The molecule has 0 aliphatic heterocycles. The number of aromatic carboxylic acids is 1. The van der Waals surface area contributed by atoms with Gasteiger partial charge in [-0.15, -0.1) is 0 Å². The number of rotatable bonds is 5. The minimum Gasteiger partial charge on any atom is -0.477 e. The highest BCUT2D eigenvalue weighted by molar-refractivity contribution is 7.98. The standard InChI is InChI=1S/C12H9N3O5S/c16-9-4-5-13-12(14-9)21-6-7-2-1-3-8(15(19)20)10(7)11(17)18/h1-5H,6H2,(H,17,18)(H,13,14,16). The van der Waals surface area contributed by atoms with Crippen molar-refractivity contribution in [3.8, 4) is 0 Å². The molecule has 0 saturated heterocycles. The first-order chi connectivity index (χ1) is 9.99. The van der Waals surface area contributed by atoms with Crippen LogP contribution in [-0.2, 0) is 5.75 Å². The van der Waals surface area contributed by atoms with Crippen molar-refractivity contribution in [3.05, 3.63) is 62.1 Å². The van der Waals surface area contributed by atoms with E-state index < -0.39 is 16.6 Å². The molecule has 0 fully saturated rings. The second-order valence-electron chi connectivity index (χ2n) is 3.90. The molecule has 1 heterocycles. The molecule has 0 unspecified atom stereocenters. The lowest BCUT2D eigenvalue weighted by molar-refractivity contribution is -0.385. The summed E-state index contributed by atoms with van der Waals surface area (Å²) in [5.41, 5.74) is -0.860. The Morgan fingerprint density at radius 2 is 2.19 bits per heavy atom. The van der Waals surface area contributed by atoms with Gasteiger partial charge in [0.05, 0.1) is 4.92 Å². The molecule has 1 aromatic carbocycles. The van der Waals surface area contributed by atoms with E-state index in [0.717, 1.165) is 17.8 Å². The fourth-order valence-corrected chi connectivity index (χ4v) is 2.52. The number of carboxylic acid groups (broad SMARTS) is 1. The highest BCUT2D eigenvalue weighted by Crippen LogP contribution is 2.27. The van der Waals surface area contributed by atoms with Crippen LogP contribution >= 0.6 is 11.8 Å². The zero-order valence-electron chi connectivity index (χ0n) is 10.5. The molecule has 9 heteroatoms. The monoisotopic (exact) mass is 307 g/mol. The van der Waals surface area contributed by atoms with Crippen molar-refractivity contribution in [3.63, 3.8) is 0 Å². The van der Waals surface area contributed by atoms with E-state index in [1.807, 2.05) is 0 Å². The molecule has 0 atom stereocenters. The molecule has 0 amide bonds. The van der Waals surface area contributed by atoms with E-state index in [4.69, 9.17) is 5.11 Å². The van der Waals surface area contributed by atoms with E-state index in [2.05, 4.69) is 9.97 Å². The first-order valence-electron chi connectivity index (χ1n) is 5.66. The Balaban J connectivity index is 2.32. The number of aromatic nitrogens is 2. The van der Waals surface area contributed by atoms with Crippen LogP contribution in [0.4, 0.5) is 5.69 Å². The number of H-pyrrole nitrogens is 1. The van der Waals surface area contributed by atoms with Gasteiger partial charge in [0.2, 0.25) is 0 Å². The summed E-state index contributed by atoms with van der Waals surface area (Å²) in [6.07, 6.45) is 1.33. The summed E-state index contributed by atoms with van der Waals surface area (Å²) in [4.78, 5) is 38.9. The Morgan fingerprint density at radius 3 is 2.81 bits per heavy atom. The largest absolute Gasteiger partial charge is 0.477 e. The maximum atomic E-state index is 11.2. The number of hydrogen-bond acceptors (Lipinski definition) is 6. The number of carboxylic acids is 1. The minimum absolute atomic E-state index is 0.135. The predicted molar refractivity (Wildman–Crippen MR) is 74.5 cm³/mol. The first-order valence-corrected chi connectivity index (χ1v) is 6.65. The van der Waals surface area contributed by atoms with Crippen molar-refractivity contribution in [2.24, 2.45) is 0 Å². The van der Waals surface area contributed by atoms with Gasteiger partial charge in [0, 0.05) is 24.1 Å². The minimum atomic E-state index is -1.37. The Kier molecular flexibility index (Phi) is 4.33. The lowest BCUT2D eigenvalue weighted by Crippen LogP contribution is -2.08. The van der Waals surface area contributed by atoms with Crippen molar-refractivity contribution < 1.29 is 14.8 Å². The van der Waals surface area contributed by atoms with Crippen LogP contribution in [0.2, 0.25) is 0 Å². The fraction of sp³-hybridized carbons (Fsp3) is 0.0833. The molecular formula is C12H9N3O5S. The van der Waals surface area contributed by atoms with Crippen LogP contribution in [0, 0.1) is 10.1 Å². The zero-order chi connectivity index (χ0) is 15.4. The summed E-state index contributed by atoms with van der Waals surface area (Å²) >= 11 is 1.09. The highest BCUT2D eigenvalue weighted by Gasteiger charge is 2.23. The van der Waals surface area contributed by atoms with Gasteiger partial charge in [-0.05, 0) is 5.56 Å². The summed E-state index contributed by atoms with van der Waals surface area (Å²) in [7, 11) is 0. The SMILES string of the molecule is O=C(O)c1c(CSc2nccc(=O)[nH]2)cccc1[N+](=O)[O-]. The van der Waals surface area contributed by atoms with Crippen molar-refractivity contribution in [1.82, 2.24) is 9.97 Å². The second-order valence-corrected chi connectivity index (χ2v) is 4.87. The van der Waals surface area contributed by atoms with E-state index in [0.29, 0.717) is 5.16 Å². The van der Waals surface area contributed by atoms with Crippen LogP contribution in [-0.4, -0.2) is 26.0 Å². The average Bonchev–Trinajstić information content (AvgIpc) is 2.44. The van der Waals surface area contributed by atoms with Gasteiger partial charge in [0.1, 0.15) is 5.56 Å². The van der Waals surface area contributed by atoms with Crippen LogP contribution in [0.25, 0.3) is 0 Å². The summed E-state index contributed by atoms with van der Waals surface area (Å²) in [6.45, 7) is 0. The lowest BCUT2D eigenvalue weighted by atomic mass is 10.1. The van der Waals surface area contributed by atoms with Crippen molar-refractivity contribution in [2.45, 2.75) is 10.9 Å². The van der Waals surface area contributed by atoms with E-state index in [-0.39, 0.29) is 22.4 Å². The molecule has 2 N–H and O–H groups in total. The summed E-state index contributed by atoms with van der Waals surface area (Å²) in [5.74, 6) is -1.23. The molecule has 0 aliphatic carbocycles. The molecule has 2 aromatic rings. The zero-order valence-corrected chi connectivity index (χ0v) is 11.3. The summed E-state index contributed by atoms with van der Waals surface area (Å²) < 4.78 is 0. The van der Waals surface area contributed by atoms with Gasteiger partial charge in [-0.1, -0.05) is 23.9 Å². The average molecular weight is 307 g/mol. The van der Waals surface area contributed by atoms with Crippen LogP contribution in [0.3, 0.4) is 0 Å². The molecule has 0 radical (unpaired) electrons. The van der Waals surface area contributed by atoms with Gasteiger partial charge < -0.3 is 10.1 Å². The van der Waals surface area contributed by atoms with E-state index >= 15 is 0 Å². The molecule has 1 aromatic heterocycles. The smallest absolute Gasteiger partial charge is 0.343 e. The quantitative estimate of drug-likeness (QED) is 0.372. The molecule has 0 saturated carbocycles. The predicted octanol–water partition coefficient (Wildman–Crippen LogP) is 1.67. The number of nitro groups is 1. The van der Waals surface area contributed by atoms with Gasteiger partial charge in [-0.25, -0.2) is 9.78 Å². The first kappa shape index (κ1) is 14.7. The van der Waals surface area contributed by atoms with Crippen LogP contribution in [0.5, 0.6) is 0 Å². The molecule has 0 spiro atoms. The second kappa shape index (κ2) is 6.18. The molecular weight excluding hydrogens is 298 g/mol. The van der Waals surface area contributed by atoms with Crippen molar-refractivity contribution in [2.75, 3.05) is 0 Å². The van der Waals surface area contributed by atoms with Crippen LogP contribution in [0.1, 0.15) is 15.9 Å². The van der Waals surface area contributed by atoms with Crippen molar-refractivity contribution >= 4 is 23.4 Å². The van der Waals surface area contributed by atoms with Crippen LogP contribution in [0.15, 0.2) is 40.4 Å². The van der Waals surface area contributed by atoms with Gasteiger partial charge in [-0.2, -0.15) is 0 Å². The third-order valence-corrected chi connectivity index (χ3v) is 3.49. The lowest BCUT2D eigenvalue weighted by Gasteiger charge is -2.06. The molecule has 2 rings (SSSR count). The molecule has 0 bridgehead atoms. The number of aromatic amines is 1. The maximum Gasteiger partial charge on any atom is 0.343 e. The number of hydrogen-bond donors (Lipinski definition) is 2. The Morgan fingerprint density at radius 1 is 1.43 bits per heavy atom. The Hall–Kier alpha value is -2.68. The summed E-state index contributed by atoms with van der Waals surface area (Å²) in [5, 5.41) is 20.3. The van der Waals surface area contributed by atoms with Crippen LogP contribution < -0.4 is 5.56 Å². The van der Waals surface area contributed by atoms with Gasteiger partial charge in [-0.3, -0.25) is 14.9 Å². The number of thioether (sulfide) groups is 1. The third kappa shape index (κ3) is 3.45. The van der Waals surface area contributed by atoms with Gasteiger partial charge >= 0.3 is 5.97 Å². The molecule has 21 heavy (non-hydrogen) atoms. The molecule has 108 valence electrons. The topological polar surface area (TPSA) is 126 Å². The highest BCUT2D eigenvalue weighted by atomic mass is 32.2. The van der Waals surface area contributed by atoms with Gasteiger partial charge in [0.25, 0.3) is 11.2 Å². The third-order valence-electron chi connectivity index (χ3n) is 2.55. The number of nitrogens with one attached hydrogen (secondary N) is 1. The molecule has 0 aliphatic rings. The fourth-order valence-electron chi connectivity index (χ4n) is 1.68. The number of nitrogens with zero attached hydrogens (tertiary/aromatic N) is 2. The summed E-state index contributed by atoms with van der Waals surface area (Å²) in [6, 6.07) is 5.30. The van der Waals surface area contributed by atoms with E-state index in [9.17, 15) is 19.7 Å². The number of carbonyl (C=O) groups is 1.